The Hall–Kier alpha value is -1.93. The maximum Gasteiger partial charge on any atom is 0.240 e. The van der Waals surface area contributed by atoms with E-state index in [9.17, 15) is 8.42 Å². The number of morpholine rings is 1. The van der Waals surface area contributed by atoms with E-state index in [2.05, 4.69) is 9.62 Å². The van der Waals surface area contributed by atoms with E-state index in [0.717, 1.165) is 49.2 Å². The van der Waals surface area contributed by atoms with E-state index in [4.69, 9.17) is 9.47 Å². The Labute approximate surface area is 172 Å². The molecule has 7 heteroatoms. The fraction of sp³-hybridized carbons (Fsp3) is 0.455. The molecule has 1 atom stereocenters. The maximum atomic E-state index is 13.0. The molecule has 0 unspecified atom stereocenters. The van der Waals surface area contributed by atoms with Crippen LogP contribution in [0.1, 0.15) is 29.2 Å². The van der Waals surface area contributed by atoms with Gasteiger partial charge in [0.25, 0.3) is 0 Å². The Bertz CT molecular complexity index is 938. The van der Waals surface area contributed by atoms with E-state index >= 15 is 0 Å². The number of hydrogen-bond acceptors (Lipinski definition) is 5. The number of hydrogen-bond donors (Lipinski definition) is 1. The minimum Gasteiger partial charge on any atom is -0.497 e. The first kappa shape index (κ1) is 20.3. The van der Waals surface area contributed by atoms with Crippen molar-refractivity contribution >= 4 is 10.0 Å². The van der Waals surface area contributed by atoms with Crippen molar-refractivity contribution in [3.8, 4) is 5.75 Å². The summed E-state index contributed by atoms with van der Waals surface area (Å²) in [6.07, 6.45) is 3.10. The van der Waals surface area contributed by atoms with Crippen molar-refractivity contribution in [2.75, 3.05) is 40.0 Å². The van der Waals surface area contributed by atoms with E-state index in [1.54, 1.807) is 13.2 Å². The van der Waals surface area contributed by atoms with Gasteiger partial charge in [-0.05, 0) is 60.2 Å². The third kappa shape index (κ3) is 4.64. The summed E-state index contributed by atoms with van der Waals surface area (Å²) in [5, 5.41) is 0. The van der Waals surface area contributed by atoms with Gasteiger partial charge in [-0.3, -0.25) is 4.90 Å². The molecule has 1 saturated heterocycles. The summed E-state index contributed by atoms with van der Waals surface area (Å²) in [5.74, 6) is 0.785. The Balaban J connectivity index is 1.53. The average Bonchev–Trinajstić information content (AvgIpc) is 3.23. The summed E-state index contributed by atoms with van der Waals surface area (Å²) in [5.41, 5.74) is 3.49. The van der Waals surface area contributed by atoms with E-state index in [1.807, 2.05) is 36.4 Å². The molecule has 29 heavy (non-hydrogen) atoms. The summed E-state index contributed by atoms with van der Waals surface area (Å²) < 4.78 is 39.5. The lowest BCUT2D eigenvalue weighted by Crippen LogP contribution is -2.43. The number of nitrogens with one attached hydrogen (secondary N) is 1. The van der Waals surface area contributed by atoms with Crippen LogP contribution >= 0.6 is 0 Å². The molecular weight excluding hydrogens is 388 g/mol. The molecule has 1 fully saturated rings. The van der Waals surface area contributed by atoms with Crippen LogP contribution in [-0.4, -0.2) is 53.3 Å². The van der Waals surface area contributed by atoms with Crippen LogP contribution in [0.25, 0.3) is 0 Å². The highest BCUT2D eigenvalue weighted by atomic mass is 32.2. The Kier molecular flexibility index (Phi) is 6.20. The van der Waals surface area contributed by atoms with Gasteiger partial charge in [-0.2, -0.15) is 0 Å². The number of aryl methyl sites for hydroxylation is 2. The number of ether oxygens (including phenoxy) is 2. The number of nitrogens with zero attached hydrogens (tertiary/aromatic N) is 1. The number of rotatable bonds is 7. The van der Waals surface area contributed by atoms with Gasteiger partial charge in [0.1, 0.15) is 5.75 Å². The Morgan fingerprint density at radius 2 is 1.79 bits per heavy atom. The first-order valence-electron chi connectivity index (χ1n) is 10.1. The number of methoxy groups -OCH3 is 1. The second-order valence-corrected chi connectivity index (χ2v) is 9.34. The average molecular weight is 417 g/mol. The largest absolute Gasteiger partial charge is 0.497 e. The minimum absolute atomic E-state index is 0.0611. The van der Waals surface area contributed by atoms with E-state index in [-0.39, 0.29) is 6.04 Å². The molecule has 0 spiro atoms. The summed E-state index contributed by atoms with van der Waals surface area (Å²) in [7, 11) is -1.93. The van der Waals surface area contributed by atoms with Gasteiger partial charge in [0.15, 0.2) is 0 Å². The van der Waals surface area contributed by atoms with Gasteiger partial charge in [0.05, 0.1) is 25.2 Å². The standard InChI is InChI=1S/C22H28N2O4S/c1-27-20-8-5-18(6-9-20)22(24-11-13-28-14-12-24)16-23-29(25,26)21-10-7-17-3-2-4-19(17)15-21/h5-10,15,22-23H,2-4,11-14,16H2,1H3/t22-/m1/s1. The lowest BCUT2D eigenvalue weighted by Gasteiger charge is -2.35. The maximum absolute atomic E-state index is 13.0. The van der Waals surface area contributed by atoms with E-state index < -0.39 is 10.0 Å². The van der Waals surface area contributed by atoms with Crippen molar-refractivity contribution < 1.29 is 17.9 Å². The van der Waals surface area contributed by atoms with Gasteiger partial charge in [0, 0.05) is 25.7 Å². The predicted molar refractivity (Wildman–Crippen MR) is 112 cm³/mol. The molecule has 1 aliphatic carbocycles. The van der Waals surface area contributed by atoms with Crippen molar-refractivity contribution in [3.05, 3.63) is 59.2 Å². The smallest absolute Gasteiger partial charge is 0.240 e. The number of fused-ring (bicyclic) bond motifs is 1. The molecule has 0 aromatic heterocycles. The topological polar surface area (TPSA) is 67.9 Å². The summed E-state index contributed by atoms with van der Waals surface area (Å²) in [6, 6.07) is 13.3. The van der Waals surface area contributed by atoms with Crippen LogP contribution in [0.15, 0.2) is 47.4 Å². The highest BCUT2D eigenvalue weighted by Crippen LogP contribution is 2.26. The normalized spacial score (nSPS) is 18.4. The molecule has 0 radical (unpaired) electrons. The molecule has 1 aliphatic heterocycles. The van der Waals surface area contributed by atoms with E-state index in [1.165, 1.54) is 5.56 Å². The van der Waals surface area contributed by atoms with E-state index in [0.29, 0.717) is 24.7 Å². The highest BCUT2D eigenvalue weighted by molar-refractivity contribution is 7.89. The first-order chi connectivity index (χ1) is 14.1. The van der Waals surface area contributed by atoms with Crippen LogP contribution in [0.4, 0.5) is 0 Å². The SMILES string of the molecule is COc1ccc([C@@H](CNS(=O)(=O)c2ccc3c(c2)CCC3)N2CCOCC2)cc1. The highest BCUT2D eigenvalue weighted by Gasteiger charge is 2.26. The van der Waals surface area contributed by atoms with Gasteiger partial charge in [-0.15, -0.1) is 0 Å². The van der Waals surface area contributed by atoms with Crippen LogP contribution in [0.2, 0.25) is 0 Å². The minimum atomic E-state index is -3.57. The van der Waals surface area contributed by atoms with Crippen molar-refractivity contribution in [2.24, 2.45) is 0 Å². The van der Waals surface area contributed by atoms with Crippen LogP contribution < -0.4 is 9.46 Å². The zero-order valence-electron chi connectivity index (χ0n) is 16.8. The lowest BCUT2D eigenvalue weighted by atomic mass is 10.0. The fourth-order valence-electron chi connectivity index (χ4n) is 4.16. The van der Waals surface area contributed by atoms with Gasteiger partial charge in [0.2, 0.25) is 10.0 Å². The molecule has 6 nitrogen and oxygen atoms in total. The predicted octanol–water partition coefficient (Wildman–Crippen LogP) is 2.54. The van der Waals surface area contributed by atoms with Gasteiger partial charge >= 0.3 is 0 Å². The molecule has 1 N–H and O–H groups in total. The Morgan fingerprint density at radius 3 is 2.52 bits per heavy atom. The van der Waals surface area contributed by atoms with Crippen LogP contribution in [0.3, 0.4) is 0 Å². The van der Waals surface area contributed by atoms with Crippen molar-refractivity contribution in [2.45, 2.75) is 30.2 Å². The van der Waals surface area contributed by atoms with Gasteiger partial charge < -0.3 is 9.47 Å². The molecule has 0 saturated carbocycles. The lowest BCUT2D eigenvalue weighted by molar-refractivity contribution is 0.0172. The Morgan fingerprint density at radius 1 is 1.07 bits per heavy atom. The van der Waals surface area contributed by atoms with Crippen LogP contribution in [0.5, 0.6) is 5.75 Å². The molecule has 2 aliphatic rings. The molecule has 1 heterocycles. The molecule has 2 aromatic rings. The van der Waals surface area contributed by atoms with Crippen molar-refractivity contribution in [1.82, 2.24) is 9.62 Å². The van der Waals surface area contributed by atoms with Crippen LogP contribution in [0, 0.1) is 0 Å². The monoisotopic (exact) mass is 416 g/mol. The quantitative estimate of drug-likeness (QED) is 0.751. The number of benzene rings is 2. The third-order valence-electron chi connectivity index (χ3n) is 5.83. The third-order valence-corrected chi connectivity index (χ3v) is 7.26. The van der Waals surface area contributed by atoms with Gasteiger partial charge in [-0.1, -0.05) is 18.2 Å². The fourth-order valence-corrected chi connectivity index (χ4v) is 5.25. The second-order valence-electron chi connectivity index (χ2n) is 7.57. The first-order valence-corrected chi connectivity index (χ1v) is 11.6. The zero-order chi connectivity index (χ0) is 20.3. The summed E-state index contributed by atoms with van der Waals surface area (Å²) in [4.78, 5) is 2.63. The molecule has 4 rings (SSSR count). The number of sulfonamides is 1. The second kappa shape index (κ2) is 8.83. The summed E-state index contributed by atoms with van der Waals surface area (Å²) in [6.45, 7) is 3.18. The summed E-state index contributed by atoms with van der Waals surface area (Å²) >= 11 is 0. The van der Waals surface area contributed by atoms with Gasteiger partial charge in [-0.25, -0.2) is 13.1 Å². The molecule has 2 aromatic carbocycles. The molecule has 0 amide bonds. The van der Waals surface area contributed by atoms with Crippen molar-refractivity contribution in [3.63, 3.8) is 0 Å². The van der Waals surface area contributed by atoms with Crippen molar-refractivity contribution in [1.29, 1.82) is 0 Å². The molecular formula is C22H28N2O4S. The zero-order valence-corrected chi connectivity index (χ0v) is 17.6. The molecule has 0 bridgehead atoms. The van der Waals surface area contributed by atoms with Crippen LogP contribution in [-0.2, 0) is 27.6 Å². The molecule has 156 valence electrons.